The minimum absolute atomic E-state index is 0. The Hall–Kier alpha value is -1.88. The molecular weight excluding hydrogens is 517 g/mol. The van der Waals surface area contributed by atoms with Crippen molar-refractivity contribution in [2.75, 3.05) is 26.7 Å². The van der Waals surface area contributed by atoms with Gasteiger partial charge in [0.15, 0.2) is 11.8 Å². The number of piperidine rings is 1. The molecular formula is C23H38IN7O. The van der Waals surface area contributed by atoms with Crippen molar-refractivity contribution in [1.29, 1.82) is 0 Å². The largest absolute Gasteiger partial charge is 0.497 e. The highest BCUT2D eigenvalue weighted by Gasteiger charge is 2.20. The zero-order valence-corrected chi connectivity index (χ0v) is 22.3. The van der Waals surface area contributed by atoms with Crippen LogP contribution in [0.1, 0.15) is 43.9 Å². The van der Waals surface area contributed by atoms with E-state index < -0.39 is 0 Å². The number of likely N-dealkylation sites (tertiary alicyclic amines) is 1. The number of aryl methyl sites for hydroxylation is 1. The summed E-state index contributed by atoms with van der Waals surface area (Å²) < 4.78 is 7.25. The molecule has 0 bridgehead atoms. The fourth-order valence-electron chi connectivity index (χ4n) is 3.79. The molecule has 1 fully saturated rings. The first-order valence-corrected chi connectivity index (χ1v) is 11.2. The van der Waals surface area contributed by atoms with Crippen molar-refractivity contribution in [3.63, 3.8) is 0 Å². The lowest BCUT2D eigenvalue weighted by molar-refractivity contribution is 0.187. The summed E-state index contributed by atoms with van der Waals surface area (Å²) in [7, 11) is 3.66. The second kappa shape index (κ2) is 13.0. The minimum Gasteiger partial charge on any atom is -0.497 e. The van der Waals surface area contributed by atoms with Crippen LogP contribution in [-0.2, 0) is 20.1 Å². The van der Waals surface area contributed by atoms with E-state index in [1.54, 1.807) is 7.11 Å². The number of nitrogens with zero attached hydrogens (tertiary/aromatic N) is 5. The third-order valence-corrected chi connectivity index (χ3v) is 5.73. The average Bonchev–Trinajstić information content (AvgIpc) is 3.09. The van der Waals surface area contributed by atoms with Gasteiger partial charge in [-0.1, -0.05) is 26.0 Å². The SMILES string of the molecule is COc1ccc(CN=C(NCc2nnc(C)n2C)NC2CCN(CC(C)C)CC2)cc1.I. The predicted molar refractivity (Wildman–Crippen MR) is 140 cm³/mol. The van der Waals surface area contributed by atoms with Crippen LogP contribution in [0.5, 0.6) is 5.75 Å². The van der Waals surface area contributed by atoms with E-state index in [4.69, 9.17) is 9.73 Å². The third-order valence-electron chi connectivity index (χ3n) is 5.73. The number of methoxy groups -OCH3 is 1. The first-order valence-electron chi connectivity index (χ1n) is 11.2. The highest BCUT2D eigenvalue weighted by atomic mass is 127. The van der Waals surface area contributed by atoms with Gasteiger partial charge in [0, 0.05) is 32.7 Å². The number of aromatic nitrogens is 3. The first kappa shape index (κ1) is 26.4. The van der Waals surface area contributed by atoms with Crippen molar-refractivity contribution in [1.82, 2.24) is 30.3 Å². The summed E-state index contributed by atoms with van der Waals surface area (Å²) in [6, 6.07) is 8.47. The van der Waals surface area contributed by atoms with E-state index in [0.717, 1.165) is 54.9 Å². The molecule has 2 aromatic rings. The normalized spacial score (nSPS) is 15.5. The number of nitrogens with one attached hydrogen (secondary N) is 2. The molecule has 2 N–H and O–H groups in total. The Kier molecular flexibility index (Phi) is 10.7. The number of hydrogen-bond donors (Lipinski definition) is 2. The minimum atomic E-state index is 0. The van der Waals surface area contributed by atoms with Crippen LogP contribution < -0.4 is 15.4 Å². The van der Waals surface area contributed by atoms with Gasteiger partial charge in [-0.2, -0.15) is 0 Å². The smallest absolute Gasteiger partial charge is 0.192 e. The third kappa shape index (κ3) is 7.91. The van der Waals surface area contributed by atoms with Crippen LogP contribution in [0.25, 0.3) is 0 Å². The van der Waals surface area contributed by atoms with Gasteiger partial charge in [0.25, 0.3) is 0 Å². The van der Waals surface area contributed by atoms with Gasteiger partial charge in [0.05, 0.1) is 20.2 Å². The summed E-state index contributed by atoms with van der Waals surface area (Å²) in [6.45, 7) is 11.1. The maximum absolute atomic E-state index is 5.25. The monoisotopic (exact) mass is 555 g/mol. The van der Waals surface area contributed by atoms with E-state index in [-0.39, 0.29) is 24.0 Å². The summed E-state index contributed by atoms with van der Waals surface area (Å²) in [5, 5.41) is 15.5. The van der Waals surface area contributed by atoms with Crippen LogP contribution in [0.3, 0.4) is 0 Å². The van der Waals surface area contributed by atoms with Crippen molar-refractivity contribution in [2.24, 2.45) is 18.0 Å². The number of rotatable bonds is 8. The Balaban J connectivity index is 0.00000363. The van der Waals surface area contributed by atoms with E-state index >= 15 is 0 Å². The molecule has 0 unspecified atom stereocenters. The van der Waals surface area contributed by atoms with Crippen molar-refractivity contribution in [3.8, 4) is 5.75 Å². The quantitative estimate of drug-likeness (QED) is 0.296. The van der Waals surface area contributed by atoms with E-state index in [1.165, 1.54) is 6.54 Å². The predicted octanol–water partition coefficient (Wildman–Crippen LogP) is 3.11. The fourth-order valence-corrected chi connectivity index (χ4v) is 3.79. The maximum Gasteiger partial charge on any atom is 0.192 e. The molecule has 178 valence electrons. The molecule has 0 atom stereocenters. The molecule has 0 spiro atoms. The zero-order valence-electron chi connectivity index (χ0n) is 20.0. The summed E-state index contributed by atoms with van der Waals surface area (Å²) >= 11 is 0. The van der Waals surface area contributed by atoms with Crippen molar-refractivity contribution >= 4 is 29.9 Å². The molecule has 1 aliphatic rings. The lowest BCUT2D eigenvalue weighted by atomic mass is 10.0. The number of halogens is 1. The van der Waals surface area contributed by atoms with Crippen molar-refractivity contribution < 1.29 is 4.74 Å². The molecule has 0 radical (unpaired) electrons. The highest BCUT2D eigenvalue weighted by Crippen LogP contribution is 2.13. The van der Waals surface area contributed by atoms with Gasteiger partial charge in [-0.05, 0) is 43.4 Å². The molecule has 9 heteroatoms. The first-order chi connectivity index (χ1) is 14.9. The Morgan fingerprint density at radius 3 is 2.44 bits per heavy atom. The van der Waals surface area contributed by atoms with Gasteiger partial charge in [-0.15, -0.1) is 34.2 Å². The van der Waals surface area contributed by atoms with Crippen LogP contribution in [0.2, 0.25) is 0 Å². The summed E-state index contributed by atoms with van der Waals surface area (Å²) in [4.78, 5) is 7.41. The summed E-state index contributed by atoms with van der Waals surface area (Å²) in [5.74, 6) is 4.18. The molecule has 1 aromatic heterocycles. The molecule has 32 heavy (non-hydrogen) atoms. The Morgan fingerprint density at radius 1 is 1.19 bits per heavy atom. The number of benzene rings is 1. The zero-order chi connectivity index (χ0) is 22.2. The van der Waals surface area contributed by atoms with Crippen LogP contribution >= 0.6 is 24.0 Å². The number of hydrogen-bond acceptors (Lipinski definition) is 5. The van der Waals surface area contributed by atoms with E-state index in [2.05, 4.69) is 51.7 Å². The molecule has 3 rings (SSSR count). The fraction of sp³-hybridized carbons (Fsp3) is 0.609. The Labute approximate surface area is 209 Å². The molecule has 8 nitrogen and oxygen atoms in total. The lowest BCUT2D eigenvalue weighted by Crippen LogP contribution is -2.49. The van der Waals surface area contributed by atoms with Crippen LogP contribution in [0.4, 0.5) is 0 Å². The van der Waals surface area contributed by atoms with Crippen LogP contribution in [0, 0.1) is 12.8 Å². The molecule has 1 aromatic carbocycles. The van der Waals surface area contributed by atoms with Crippen molar-refractivity contribution in [3.05, 3.63) is 41.5 Å². The van der Waals surface area contributed by atoms with Crippen LogP contribution in [-0.4, -0.2) is 58.4 Å². The molecule has 0 amide bonds. The van der Waals surface area contributed by atoms with Gasteiger partial charge in [-0.3, -0.25) is 0 Å². The number of guanidine groups is 1. The molecule has 2 heterocycles. The molecule has 1 aliphatic heterocycles. The molecule has 1 saturated heterocycles. The van der Waals surface area contributed by atoms with E-state index in [9.17, 15) is 0 Å². The van der Waals surface area contributed by atoms with Gasteiger partial charge in [0.2, 0.25) is 0 Å². The molecule has 0 saturated carbocycles. The average molecular weight is 556 g/mol. The van der Waals surface area contributed by atoms with Gasteiger partial charge < -0.3 is 24.8 Å². The number of aliphatic imine (C=N–C) groups is 1. The Bertz CT molecular complexity index is 843. The van der Waals surface area contributed by atoms with Gasteiger partial charge in [0.1, 0.15) is 11.6 Å². The standard InChI is InChI=1S/C23H37N7O.HI/c1-17(2)16-30-12-10-20(11-13-30)26-23(25-15-22-28-27-18(3)29(22)4)24-14-19-6-8-21(31-5)9-7-19;/h6-9,17,20H,10-16H2,1-5H3,(H2,24,25,26);1H. The van der Waals surface area contributed by atoms with Gasteiger partial charge in [-0.25, -0.2) is 4.99 Å². The summed E-state index contributed by atoms with van der Waals surface area (Å²) in [5.41, 5.74) is 1.14. The second-order valence-corrected chi connectivity index (χ2v) is 8.70. The highest BCUT2D eigenvalue weighted by molar-refractivity contribution is 14.0. The van der Waals surface area contributed by atoms with E-state index in [0.29, 0.717) is 25.0 Å². The van der Waals surface area contributed by atoms with Crippen LogP contribution in [0.15, 0.2) is 29.3 Å². The Morgan fingerprint density at radius 2 is 1.88 bits per heavy atom. The second-order valence-electron chi connectivity index (χ2n) is 8.70. The van der Waals surface area contributed by atoms with Crippen molar-refractivity contribution in [2.45, 2.75) is 52.7 Å². The summed E-state index contributed by atoms with van der Waals surface area (Å²) in [6.07, 6.45) is 2.25. The number of ether oxygens (including phenoxy) is 1. The maximum atomic E-state index is 5.25. The van der Waals surface area contributed by atoms with E-state index in [1.807, 2.05) is 30.7 Å². The van der Waals surface area contributed by atoms with Gasteiger partial charge >= 0.3 is 0 Å². The lowest BCUT2D eigenvalue weighted by Gasteiger charge is -2.34. The topological polar surface area (TPSA) is 79.6 Å². The molecule has 0 aliphatic carbocycles.